The van der Waals surface area contributed by atoms with Gasteiger partial charge in [0.15, 0.2) is 6.10 Å². The van der Waals surface area contributed by atoms with Crippen molar-refractivity contribution in [1.82, 2.24) is 9.55 Å². The molecule has 0 radical (unpaired) electrons. The number of rotatable bonds is 7. The number of pyridine rings is 1. The lowest BCUT2D eigenvalue weighted by Crippen LogP contribution is -2.29. The summed E-state index contributed by atoms with van der Waals surface area (Å²) in [5.41, 5.74) is 0.870. The molecular formula is C25H21F3N2O5. The number of aromatic nitrogens is 2. The molecule has 0 spiro atoms. The molecule has 0 amide bonds. The number of halogens is 3. The second-order valence-electron chi connectivity index (χ2n) is 7.59. The highest BCUT2D eigenvalue weighted by Crippen LogP contribution is 2.33. The first-order chi connectivity index (χ1) is 16.7. The number of aliphatic hydroxyl groups excluding tert-OH is 2. The van der Waals surface area contributed by atoms with Gasteiger partial charge >= 0.3 is 12.1 Å². The molecule has 4 aromatic rings. The van der Waals surface area contributed by atoms with Gasteiger partial charge in [-0.25, -0.2) is 9.78 Å². The normalized spacial score (nSPS) is 13.4. The van der Waals surface area contributed by atoms with Crippen LogP contribution >= 0.6 is 0 Å². The zero-order valence-corrected chi connectivity index (χ0v) is 18.4. The third-order valence-corrected chi connectivity index (χ3v) is 5.29. The van der Waals surface area contributed by atoms with Crippen LogP contribution in [0.25, 0.3) is 16.6 Å². The van der Waals surface area contributed by atoms with Gasteiger partial charge in [-0.2, -0.15) is 13.2 Å². The Morgan fingerprint density at radius 3 is 2.40 bits per heavy atom. The first kappa shape index (κ1) is 24.2. The maximum atomic E-state index is 12.7. The molecule has 2 atom stereocenters. The van der Waals surface area contributed by atoms with E-state index in [-0.39, 0.29) is 12.5 Å². The van der Waals surface area contributed by atoms with Crippen LogP contribution in [0.5, 0.6) is 11.6 Å². The number of carbonyl (C=O) groups is 1. The van der Waals surface area contributed by atoms with Crippen molar-refractivity contribution >= 4 is 16.9 Å². The van der Waals surface area contributed by atoms with Gasteiger partial charge in [-0.05, 0) is 43.3 Å². The van der Waals surface area contributed by atoms with Crippen LogP contribution in [0.3, 0.4) is 0 Å². The minimum Gasteiger partial charge on any atom is -0.464 e. The van der Waals surface area contributed by atoms with Gasteiger partial charge in [0.25, 0.3) is 0 Å². The van der Waals surface area contributed by atoms with E-state index in [1.807, 2.05) is 12.1 Å². The largest absolute Gasteiger partial charge is 0.464 e. The highest BCUT2D eigenvalue weighted by atomic mass is 19.4. The number of alkyl halides is 3. The van der Waals surface area contributed by atoms with E-state index >= 15 is 0 Å². The Hall–Kier alpha value is -3.89. The van der Waals surface area contributed by atoms with Crippen molar-refractivity contribution in [3.63, 3.8) is 0 Å². The van der Waals surface area contributed by atoms with Crippen LogP contribution in [-0.2, 0) is 15.7 Å². The lowest BCUT2D eigenvalue weighted by molar-refractivity contribution is -0.159. The van der Waals surface area contributed by atoms with Gasteiger partial charge in [-0.3, -0.25) is 0 Å². The van der Waals surface area contributed by atoms with Crippen LogP contribution in [0.15, 0.2) is 73.1 Å². The molecule has 2 aromatic carbocycles. The van der Waals surface area contributed by atoms with Gasteiger partial charge < -0.3 is 24.3 Å². The Labute approximate surface area is 198 Å². The molecule has 0 bridgehead atoms. The monoisotopic (exact) mass is 486 g/mol. The van der Waals surface area contributed by atoms with E-state index in [2.05, 4.69) is 4.98 Å². The molecule has 2 heterocycles. The molecule has 0 unspecified atom stereocenters. The molecule has 0 fully saturated rings. The molecular weight excluding hydrogens is 465 g/mol. The summed E-state index contributed by atoms with van der Waals surface area (Å²) in [6.45, 7) is 1.67. The molecule has 35 heavy (non-hydrogen) atoms. The zero-order valence-electron chi connectivity index (χ0n) is 18.4. The lowest BCUT2D eigenvalue weighted by atomic mass is 10.0. The predicted molar refractivity (Wildman–Crippen MR) is 120 cm³/mol. The molecule has 10 heteroatoms. The summed E-state index contributed by atoms with van der Waals surface area (Å²) in [4.78, 5) is 15.6. The van der Waals surface area contributed by atoms with E-state index in [9.17, 15) is 28.2 Å². The molecule has 0 aliphatic carbocycles. The third kappa shape index (κ3) is 5.13. The number of hydrogen-bond donors (Lipinski definition) is 2. The van der Waals surface area contributed by atoms with Gasteiger partial charge in [0.1, 0.15) is 11.9 Å². The standard InChI is InChI=1S/C25H21F3N2O5/c1-2-34-24(33)23(32)22(31)19-14-30(20-6-4-3-5-18(19)20)16-8-10-17(11-9-16)35-21-12-7-15(13-29-21)25(26,27)28/h3-14,22-23,31-32H,2H2,1H3/t22-,23-/m1/s1. The molecule has 4 rings (SSSR count). The molecule has 182 valence electrons. The molecule has 0 aliphatic rings. The van der Waals surface area contributed by atoms with E-state index in [1.54, 1.807) is 54.1 Å². The van der Waals surface area contributed by atoms with Crippen molar-refractivity contribution in [3.8, 4) is 17.3 Å². The van der Waals surface area contributed by atoms with E-state index in [0.717, 1.165) is 17.6 Å². The summed E-state index contributed by atoms with van der Waals surface area (Å²) in [6.07, 6.45) is -5.42. The van der Waals surface area contributed by atoms with Gasteiger partial charge in [0, 0.05) is 35.1 Å². The zero-order chi connectivity index (χ0) is 25.2. The summed E-state index contributed by atoms with van der Waals surface area (Å²) >= 11 is 0. The van der Waals surface area contributed by atoms with Crippen molar-refractivity contribution in [3.05, 3.63) is 84.2 Å². The Balaban J connectivity index is 1.60. The summed E-state index contributed by atoms with van der Waals surface area (Å²) in [7, 11) is 0. The molecule has 7 nitrogen and oxygen atoms in total. The van der Waals surface area contributed by atoms with Crippen molar-refractivity contribution < 1.29 is 37.7 Å². The van der Waals surface area contributed by atoms with Gasteiger partial charge in [-0.15, -0.1) is 0 Å². The fourth-order valence-corrected chi connectivity index (χ4v) is 3.59. The number of carbonyl (C=O) groups excluding carboxylic acids is 1. The summed E-state index contributed by atoms with van der Waals surface area (Å²) in [5.74, 6) is -0.554. The number of hydrogen-bond acceptors (Lipinski definition) is 6. The number of aliphatic hydroxyl groups is 2. The average Bonchev–Trinajstić information content (AvgIpc) is 3.23. The van der Waals surface area contributed by atoms with Crippen molar-refractivity contribution in [2.75, 3.05) is 6.61 Å². The smallest absolute Gasteiger partial charge is 0.417 e. The first-order valence-electron chi connectivity index (χ1n) is 10.6. The lowest BCUT2D eigenvalue weighted by Gasteiger charge is -2.15. The van der Waals surface area contributed by atoms with Crippen molar-refractivity contribution in [2.24, 2.45) is 0 Å². The Bertz CT molecular complexity index is 1320. The molecule has 2 aromatic heterocycles. The van der Waals surface area contributed by atoms with Gasteiger partial charge in [0.2, 0.25) is 5.88 Å². The summed E-state index contributed by atoms with van der Waals surface area (Å²) in [5, 5.41) is 21.5. The quantitative estimate of drug-likeness (QED) is 0.365. The van der Waals surface area contributed by atoms with Crippen LogP contribution in [0.4, 0.5) is 13.2 Å². The topological polar surface area (TPSA) is 93.8 Å². The molecule has 0 aliphatic heterocycles. The van der Waals surface area contributed by atoms with Crippen LogP contribution in [0.2, 0.25) is 0 Å². The highest BCUT2D eigenvalue weighted by molar-refractivity contribution is 5.87. The van der Waals surface area contributed by atoms with Crippen LogP contribution in [0, 0.1) is 0 Å². The molecule has 2 N–H and O–H groups in total. The van der Waals surface area contributed by atoms with E-state index in [0.29, 0.717) is 28.6 Å². The van der Waals surface area contributed by atoms with E-state index < -0.39 is 29.9 Å². The number of esters is 1. The number of ether oxygens (including phenoxy) is 2. The minimum atomic E-state index is -4.48. The summed E-state index contributed by atoms with van der Waals surface area (Å²) in [6, 6.07) is 15.8. The van der Waals surface area contributed by atoms with Crippen molar-refractivity contribution in [2.45, 2.75) is 25.3 Å². The number of benzene rings is 2. The van der Waals surface area contributed by atoms with Crippen molar-refractivity contribution in [1.29, 1.82) is 0 Å². The maximum Gasteiger partial charge on any atom is 0.417 e. The fraction of sp³-hybridized carbons (Fsp3) is 0.200. The first-order valence-corrected chi connectivity index (χ1v) is 10.6. The maximum absolute atomic E-state index is 12.7. The second-order valence-corrected chi connectivity index (χ2v) is 7.59. The highest BCUT2D eigenvalue weighted by Gasteiger charge is 2.31. The Morgan fingerprint density at radius 1 is 1.06 bits per heavy atom. The summed E-state index contributed by atoms with van der Waals surface area (Å²) < 4.78 is 50.2. The minimum absolute atomic E-state index is 0.00975. The van der Waals surface area contributed by atoms with E-state index in [1.165, 1.54) is 0 Å². The predicted octanol–water partition coefficient (Wildman–Crippen LogP) is 4.79. The van der Waals surface area contributed by atoms with E-state index in [4.69, 9.17) is 9.47 Å². The Kier molecular flexibility index (Phi) is 6.77. The van der Waals surface area contributed by atoms with Gasteiger partial charge in [0.05, 0.1) is 17.7 Å². The molecule has 0 saturated heterocycles. The second kappa shape index (κ2) is 9.77. The third-order valence-electron chi connectivity index (χ3n) is 5.29. The van der Waals surface area contributed by atoms with Crippen LogP contribution in [-0.4, -0.2) is 38.4 Å². The molecule has 0 saturated carbocycles. The SMILES string of the molecule is CCOC(=O)[C@H](O)[C@H](O)c1cn(-c2ccc(Oc3ccc(C(F)(F)F)cn3)cc2)c2ccccc12. The fourth-order valence-electron chi connectivity index (χ4n) is 3.59. The van der Waals surface area contributed by atoms with Crippen LogP contribution in [0.1, 0.15) is 24.2 Å². The Morgan fingerprint density at radius 2 is 1.77 bits per heavy atom. The average molecular weight is 486 g/mol. The number of fused-ring (bicyclic) bond motifs is 1. The van der Waals surface area contributed by atoms with Gasteiger partial charge in [-0.1, -0.05) is 18.2 Å². The van der Waals surface area contributed by atoms with Crippen LogP contribution < -0.4 is 4.74 Å². The number of para-hydroxylation sites is 1. The number of nitrogens with zero attached hydrogens (tertiary/aromatic N) is 2.